The van der Waals surface area contributed by atoms with Gasteiger partial charge in [0, 0.05) is 18.2 Å². The summed E-state index contributed by atoms with van der Waals surface area (Å²) < 4.78 is 0. The highest BCUT2D eigenvalue weighted by Gasteiger charge is 2.03. The van der Waals surface area contributed by atoms with Crippen molar-refractivity contribution in [3.05, 3.63) is 11.6 Å². The molecule has 15 heavy (non-hydrogen) atoms. The Kier molecular flexibility index (Phi) is 7.05. The Balaban J connectivity index is 3.67. The minimum atomic E-state index is -0.841. The Morgan fingerprint density at radius 3 is 2.40 bits per heavy atom. The fraction of sp³-hybridized carbons (Fsp3) is 0.750. The highest BCUT2D eigenvalue weighted by molar-refractivity contribution is 5.85. The number of nitrogens with one attached hydrogen (secondary N) is 1. The van der Waals surface area contributed by atoms with E-state index in [0.29, 0.717) is 18.2 Å². The first-order valence-electron chi connectivity index (χ1n) is 5.57. The zero-order valence-electron chi connectivity index (χ0n) is 10.2. The zero-order chi connectivity index (χ0) is 11.8. The topological polar surface area (TPSA) is 49.3 Å². The van der Waals surface area contributed by atoms with Gasteiger partial charge in [-0.25, -0.2) is 4.79 Å². The van der Waals surface area contributed by atoms with Gasteiger partial charge in [-0.15, -0.1) is 0 Å². The van der Waals surface area contributed by atoms with Crippen LogP contribution in [-0.2, 0) is 4.79 Å². The van der Waals surface area contributed by atoms with Crippen molar-refractivity contribution in [1.29, 1.82) is 0 Å². The minimum absolute atomic E-state index is 0.401. The molecule has 3 nitrogen and oxygen atoms in total. The molecule has 0 rings (SSSR count). The van der Waals surface area contributed by atoms with Crippen molar-refractivity contribution in [3.63, 3.8) is 0 Å². The van der Waals surface area contributed by atoms with Gasteiger partial charge in [-0.2, -0.15) is 0 Å². The molecule has 88 valence electrons. The molecule has 0 aromatic heterocycles. The Labute approximate surface area is 92.6 Å². The number of hydrogen-bond donors (Lipinski definition) is 2. The minimum Gasteiger partial charge on any atom is -0.478 e. The molecule has 1 atom stereocenters. The summed E-state index contributed by atoms with van der Waals surface area (Å²) in [6.07, 6.45) is 4.06. The van der Waals surface area contributed by atoms with Crippen LogP contribution in [0.3, 0.4) is 0 Å². The van der Waals surface area contributed by atoms with Gasteiger partial charge in [0.25, 0.3) is 0 Å². The summed E-state index contributed by atoms with van der Waals surface area (Å²) in [5, 5.41) is 11.9. The maximum atomic E-state index is 10.5. The maximum Gasteiger partial charge on any atom is 0.330 e. The molecule has 0 aromatic carbocycles. The lowest BCUT2D eigenvalue weighted by Gasteiger charge is -2.13. The first-order chi connectivity index (χ1) is 6.93. The molecule has 0 aliphatic heterocycles. The van der Waals surface area contributed by atoms with Gasteiger partial charge in [-0.3, -0.25) is 0 Å². The Morgan fingerprint density at radius 2 is 1.93 bits per heavy atom. The van der Waals surface area contributed by atoms with Gasteiger partial charge in [-0.1, -0.05) is 19.9 Å². The lowest BCUT2D eigenvalue weighted by Crippen LogP contribution is -2.26. The molecule has 0 fully saturated rings. The zero-order valence-corrected chi connectivity index (χ0v) is 10.2. The Bertz CT molecular complexity index is 222. The van der Waals surface area contributed by atoms with Crippen molar-refractivity contribution < 1.29 is 9.90 Å². The largest absolute Gasteiger partial charge is 0.478 e. The van der Waals surface area contributed by atoms with Crippen molar-refractivity contribution >= 4 is 5.97 Å². The molecular formula is C12H23NO2. The molecular weight excluding hydrogens is 190 g/mol. The fourth-order valence-electron chi connectivity index (χ4n) is 1.19. The second-order valence-corrected chi connectivity index (χ2v) is 4.47. The molecule has 3 heteroatoms. The number of carboxylic acids is 1. The molecule has 0 saturated carbocycles. The maximum absolute atomic E-state index is 10.5. The third-order valence-electron chi connectivity index (χ3n) is 2.39. The van der Waals surface area contributed by atoms with Crippen LogP contribution in [0.1, 0.15) is 40.5 Å². The molecule has 1 unspecified atom stereocenters. The van der Waals surface area contributed by atoms with E-state index in [2.05, 4.69) is 26.1 Å². The summed E-state index contributed by atoms with van der Waals surface area (Å²) in [6, 6.07) is 0.449. The third kappa shape index (κ3) is 8.18. The molecule has 0 bridgehead atoms. The van der Waals surface area contributed by atoms with Gasteiger partial charge >= 0.3 is 5.97 Å². The first-order valence-corrected chi connectivity index (χ1v) is 5.57. The third-order valence-corrected chi connectivity index (χ3v) is 2.39. The quantitative estimate of drug-likeness (QED) is 0.639. The summed E-state index contributed by atoms with van der Waals surface area (Å²) >= 11 is 0. The standard InChI is InChI=1S/C12H23NO2/c1-9(2)5-6-11(4)13-8-7-10(3)12(14)15/h7,9,11,13H,5-6,8H2,1-4H3,(H,14,15)/b10-7-. The molecule has 0 radical (unpaired) electrons. The van der Waals surface area contributed by atoms with Gasteiger partial charge in [-0.05, 0) is 32.6 Å². The fourth-order valence-corrected chi connectivity index (χ4v) is 1.19. The van der Waals surface area contributed by atoms with Crippen LogP contribution >= 0.6 is 0 Å². The van der Waals surface area contributed by atoms with E-state index in [-0.39, 0.29) is 0 Å². The summed E-state index contributed by atoms with van der Waals surface area (Å²) in [5.41, 5.74) is 0.401. The van der Waals surface area contributed by atoms with Crippen LogP contribution in [0.25, 0.3) is 0 Å². The van der Waals surface area contributed by atoms with Crippen LogP contribution in [-0.4, -0.2) is 23.7 Å². The van der Waals surface area contributed by atoms with Crippen LogP contribution in [0, 0.1) is 5.92 Å². The summed E-state index contributed by atoms with van der Waals surface area (Å²) in [4.78, 5) is 10.5. The highest BCUT2D eigenvalue weighted by atomic mass is 16.4. The van der Waals surface area contributed by atoms with Crippen LogP contribution in [0.15, 0.2) is 11.6 Å². The molecule has 0 heterocycles. The number of carbonyl (C=O) groups is 1. The van der Waals surface area contributed by atoms with Crippen molar-refractivity contribution in [1.82, 2.24) is 5.32 Å². The predicted molar refractivity (Wildman–Crippen MR) is 62.9 cm³/mol. The average molecular weight is 213 g/mol. The molecule has 0 aliphatic rings. The van der Waals surface area contributed by atoms with E-state index in [0.717, 1.165) is 12.3 Å². The summed E-state index contributed by atoms with van der Waals surface area (Å²) in [6.45, 7) is 8.80. The SMILES string of the molecule is C/C(=C/CNC(C)CCC(C)C)C(=O)O. The molecule has 2 N–H and O–H groups in total. The number of aliphatic carboxylic acids is 1. The smallest absolute Gasteiger partial charge is 0.330 e. The van der Waals surface area contributed by atoms with Gasteiger partial charge in [0.2, 0.25) is 0 Å². The Hall–Kier alpha value is -0.830. The second kappa shape index (κ2) is 7.46. The first kappa shape index (κ1) is 14.2. The average Bonchev–Trinajstić information content (AvgIpc) is 2.14. The second-order valence-electron chi connectivity index (χ2n) is 4.47. The summed E-state index contributed by atoms with van der Waals surface area (Å²) in [7, 11) is 0. The molecule has 0 spiro atoms. The lowest BCUT2D eigenvalue weighted by atomic mass is 10.0. The monoisotopic (exact) mass is 213 g/mol. The van der Waals surface area contributed by atoms with Gasteiger partial charge < -0.3 is 10.4 Å². The van der Waals surface area contributed by atoms with Gasteiger partial charge in [0.05, 0.1) is 0 Å². The van der Waals surface area contributed by atoms with Crippen LogP contribution in [0.5, 0.6) is 0 Å². The number of rotatable bonds is 7. The predicted octanol–water partition coefficient (Wildman–Crippen LogP) is 2.43. The molecule has 0 aliphatic carbocycles. The highest BCUT2D eigenvalue weighted by Crippen LogP contribution is 2.06. The van der Waals surface area contributed by atoms with Gasteiger partial charge in [0.1, 0.15) is 0 Å². The van der Waals surface area contributed by atoms with Crippen molar-refractivity contribution in [3.8, 4) is 0 Å². The van der Waals surface area contributed by atoms with Crippen molar-refractivity contribution in [2.24, 2.45) is 5.92 Å². The lowest BCUT2D eigenvalue weighted by molar-refractivity contribution is -0.132. The van der Waals surface area contributed by atoms with E-state index in [4.69, 9.17) is 5.11 Å². The van der Waals surface area contributed by atoms with Crippen LogP contribution < -0.4 is 5.32 Å². The Morgan fingerprint density at radius 1 is 1.33 bits per heavy atom. The van der Waals surface area contributed by atoms with E-state index < -0.39 is 5.97 Å². The van der Waals surface area contributed by atoms with Crippen molar-refractivity contribution in [2.75, 3.05) is 6.54 Å². The summed E-state index contributed by atoms with van der Waals surface area (Å²) in [5.74, 6) is -0.114. The van der Waals surface area contributed by atoms with E-state index in [9.17, 15) is 4.79 Å². The van der Waals surface area contributed by atoms with E-state index >= 15 is 0 Å². The van der Waals surface area contributed by atoms with Gasteiger partial charge in [0.15, 0.2) is 0 Å². The van der Waals surface area contributed by atoms with E-state index in [1.54, 1.807) is 13.0 Å². The number of carboxylic acid groups (broad SMARTS) is 1. The number of hydrogen-bond acceptors (Lipinski definition) is 2. The molecule has 0 saturated heterocycles. The van der Waals surface area contributed by atoms with E-state index in [1.807, 2.05) is 0 Å². The normalized spacial score (nSPS) is 14.3. The molecule has 0 aromatic rings. The molecule has 0 amide bonds. The van der Waals surface area contributed by atoms with Crippen LogP contribution in [0.4, 0.5) is 0 Å². The van der Waals surface area contributed by atoms with E-state index in [1.165, 1.54) is 6.42 Å². The van der Waals surface area contributed by atoms with Crippen molar-refractivity contribution in [2.45, 2.75) is 46.6 Å². The van der Waals surface area contributed by atoms with Crippen LogP contribution in [0.2, 0.25) is 0 Å².